The molecule has 0 rings (SSSR count). The Labute approximate surface area is 65.5 Å². The predicted octanol–water partition coefficient (Wildman–Crippen LogP) is -1.22. The van der Waals surface area contributed by atoms with Crippen molar-refractivity contribution in [2.45, 2.75) is 25.5 Å². The van der Waals surface area contributed by atoms with Crippen molar-refractivity contribution in [2.24, 2.45) is 5.73 Å². The molecule has 0 saturated heterocycles. The quantitative estimate of drug-likeness (QED) is 0.402. The fourth-order valence-corrected chi connectivity index (χ4v) is 0.558. The van der Waals surface area contributed by atoms with E-state index in [-0.39, 0.29) is 11.4 Å². The van der Waals surface area contributed by atoms with Gasteiger partial charge in [0.2, 0.25) is 0 Å². The Balaban J connectivity index is 0. The zero-order valence-electron chi connectivity index (χ0n) is 6.54. The number of rotatable bonds is 4. The van der Waals surface area contributed by atoms with Crippen LogP contribution in [-0.2, 0) is 9.53 Å². The lowest BCUT2D eigenvalue weighted by atomic mass is 10.2. The zero-order chi connectivity index (χ0) is 7.98. The first kappa shape index (κ1) is 13.0. The normalized spacial score (nSPS) is 11.5. The van der Waals surface area contributed by atoms with Crippen molar-refractivity contribution in [1.29, 1.82) is 0 Å². The van der Waals surface area contributed by atoms with Crippen LogP contribution in [0, 0.1) is 0 Å². The predicted molar refractivity (Wildman–Crippen MR) is 39.7 cm³/mol. The van der Waals surface area contributed by atoms with E-state index in [4.69, 9.17) is 10.8 Å². The molecule has 0 aliphatic rings. The molecule has 0 aromatic carbocycles. The lowest BCUT2D eigenvalue weighted by Gasteiger charge is -2.01. The molecule has 0 radical (unpaired) electrons. The van der Waals surface area contributed by atoms with Crippen LogP contribution in [0.25, 0.3) is 0 Å². The summed E-state index contributed by atoms with van der Waals surface area (Å²) >= 11 is 0. The van der Waals surface area contributed by atoms with Gasteiger partial charge in [-0.2, -0.15) is 0 Å². The van der Waals surface area contributed by atoms with Crippen LogP contribution >= 0.6 is 0 Å². The number of ether oxygens (including phenoxy) is 1. The molecule has 0 fully saturated rings. The third-order valence-electron chi connectivity index (χ3n) is 1.11. The minimum Gasteiger partial charge on any atom is -0.469 e. The number of nitrogens with two attached hydrogens (primary N) is 1. The SMILES string of the molecule is COC(=O)CCCC(N)O.O. The second kappa shape index (κ2) is 7.46. The summed E-state index contributed by atoms with van der Waals surface area (Å²) in [5.74, 6) is -0.263. The van der Waals surface area contributed by atoms with E-state index in [1.54, 1.807) is 0 Å². The first-order valence-electron chi connectivity index (χ1n) is 3.17. The Morgan fingerprint density at radius 1 is 1.73 bits per heavy atom. The zero-order valence-corrected chi connectivity index (χ0v) is 6.54. The lowest BCUT2D eigenvalue weighted by molar-refractivity contribution is -0.140. The van der Waals surface area contributed by atoms with Crippen molar-refractivity contribution in [3.05, 3.63) is 0 Å². The number of carbonyl (C=O) groups is 1. The van der Waals surface area contributed by atoms with Gasteiger partial charge >= 0.3 is 5.97 Å². The average Bonchev–Trinajstić information content (AvgIpc) is 1.87. The monoisotopic (exact) mass is 165 g/mol. The third kappa shape index (κ3) is 9.35. The van der Waals surface area contributed by atoms with Crippen LogP contribution in [0.3, 0.4) is 0 Å². The number of aliphatic hydroxyl groups excluding tert-OH is 1. The van der Waals surface area contributed by atoms with Gasteiger partial charge in [0.05, 0.1) is 7.11 Å². The molecule has 0 amide bonds. The van der Waals surface area contributed by atoms with Gasteiger partial charge in [0, 0.05) is 6.42 Å². The second-order valence-electron chi connectivity index (χ2n) is 2.04. The summed E-state index contributed by atoms with van der Waals surface area (Å²) in [6.45, 7) is 0. The summed E-state index contributed by atoms with van der Waals surface area (Å²) < 4.78 is 4.37. The molecule has 5 heteroatoms. The molecule has 0 saturated carbocycles. The number of aliphatic hydroxyl groups is 1. The first-order chi connectivity index (χ1) is 4.66. The molecule has 5 nitrogen and oxygen atoms in total. The van der Waals surface area contributed by atoms with Crippen LogP contribution in [0.2, 0.25) is 0 Å². The van der Waals surface area contributed by atoms with Gasteiger partial charge in [0.25, 0.3) is 0 Å². The molecule has 0 aliphatic carbocycles. The van der Waals surface area contributed by atoms with Crippen molar-refractivity contribution in [1.82, 2.24) is 0 Å². The van der Waals surface area contributed by atoms with Crippen LogP contribution in [0.4, 0.5) is 0 Å². The molecular formula is C6H15NO4. The average molecular weight is 165 g/mol. The number of hydrogen-bond acceptors (Lipinski definition) is 4. The summed E-state index contributed by atoms with van der Waals surface area (Å²) in [4.78, 5) is 10.4. The van der Waals surface area contributed by atoms with E-state index < -0.39 is 6.23 Å². The minimum atomic E-state index is -0.815. The molecule has 0 aliphatic heterocycles. The molecule has 11 heavy (non-hydrogen) atoms. The maximum absolute atomic E-state index is 10.4. The van der Waals surface area contributed by atoms with Crippen LogP contribution in [0.5, 0.6) is 0 Å². The fourth-order valence-electron chi connectivity index (χ4n) is 0.558. The molecule has 0 bridgehead atoms. The summed E-state index contributed by atoms with van der Waals surface area (Å²) in [6.07, 6.45) is 0.522. The highest BCUT2D eigenvalue weighted by Gasteiger charge is 2.01. The first-order valence-corrected chi connectivity index (χ1v) is 3.17. The van der Waals surface area contributed by atoms with Crippen molar-refractivity contribution in [3.63, 3.8) is 0 Å². The number of esters is 1. The van der Waals surface area contributed by atoms with Crippen LogP contribution in [-0.4, -0.2) is 29.9 Å². The van der Waals surface area contributed by atoms with Crippen LogP contribution in [0.1, 0.15) is 19.3 Å². The Morgan fingerprint density at radius 2 is 2.27 bits per heavy atom. The topological polar surface area (TPSA) is 104 Å². The van der Waals surface area contributed by atoms with Gasteiger partial charge in [0.15, 0.2) is 0 Å². The highest BCUT2D eigenvalue weighted by Crippen LogP contribution is 1.97. The molecule has 1 unspecified atom stereocenters. The van der Waals surface area contributed by atoms with Gasteiger partial charge in [-0.1, -0.05) is 0 Å². The smallest absolute Gasteiger partial charge is 0.305 e. The summed E-state index contributed by atoms with van der Waals surface area (Å²) in [7, 11) is 1.33. The minimum absolute atomic E-state index is 0. The largest absolute Gasteiger partial charge is 0.469 e. The number of hydrogen-bond donors (Lipinski definition) is 2. The molecule has 0 aromatic heterocycles. The molecule has 68 valence electrons. The van der Waals surface area contributed by atoms with E-state index in [1.807, 2.05) is 0 Å². The van der Waals surface area contributed by atoms with E-state index in [9.17, 15) is 4.79 Å². The van der Waals surface area contributed by atoms with E-state index in [2.05, 4.69) is 4.74 Å². The van der Waals surface area contributed by atoms with Gasteiger partial charge in [-0.25, -0.2) is 0 Å². The van der Waals surface area contributed by atoms with Gasteiger partial charge in [-0.3, -0.25) is 4.79 Å². The second-order valence-corrected chi connectivity index (χ2v) is 2.04. The van der Waals surface area contributed by atoms with Gasteiger partial charge < -0.3 is 21.1 Å². The summed E-state index contributed by atoms with van der Waals surface area (Å²) in [5.41, 5.74) is 5.02. The van der Waals surface area contributed by atoms with Crippen molar-refractivity contribution in [2.75, 3.05) is 7.11 Å². The molecule has 1 atom stereocenters. The highest BCUT2D eigenvalue weighted by atomic mass is 16.5. The maximum Gasteiger partial charge on any atom is 0.305 e. The van der Waals surface area contributed by atoms with Gasteiger partial charge in [-0.15, -0.1) is 0 Å². The van der Waals surface area contributed by atoms with E-state index in [0.29, 0.717) is 19.3 Å². The number of carbonyl (C=O) groups excluding carboxylic acids is 1. The highest BCUT2D eigenvalue weighted by molar-refractivity contribution is 5.68. The van der Waals surface area contributed by atoms with Crippen molar-refractivity contribution < 1.29 is 20.1 Å². The van der Waals surface area contributed by atoms with Crippen molar-refractivity contribution >= 4 is 5.97 Å². The Kier molecular flexibility index (Phi) is 8.80. The third-order valence-corrected chi connectivity index (χ3v) is 1.11. The maximum atomic E-state index is 10.4. The van der Waals surface area contributed by atoms with Crippen LogP contribution in [0.15, 0.2) is 0 Å². The Bertz CT molecular complexity index is 105. The molecule has 0 spiro atoms. The molecule has 5 N–H and O–H groups in total. The summed E-state index contributed by atoms with van der Waals surface area (Å²) in [5, 5.41) is 8.56. The van der Waals surface area contributed by atoms with Crippen molar-refractivity contribution in [3.8, 4) is 0 Å². The van der Waals surface area contributed by atoms with E-state index >= 15 is 0 Å². The summed E-state index contributed by atoms with van der Waals surface area (Å²) in [6, 6.07) is 0. The fraction of sp³-hybridized carbons (Fsp3) is 0.833. The van der Waals surface area contributed by atoms with E-state index in [0.717, 1.165) is 0 Å². The standard InChI is InChI=1S/C6H13NO3.H2O/c1-10-6(9)4-2-3-5(7)8;/h5,8H,2-4,7H2,1H3;1H2. The Hall–Kier alpha value is -0.650. The molecular weight excluding hydrogens is 150 g/mol. The lowest BCUT2D eigenvalue weighted by Crippen LogP contribution is -2.18. The van der Waals surface area contributed by atoms with Crippen LogP contribution < -0.4 is 5.73 Å². The Morgan fingerprint density at radius 3 is 2.64 bits per heavy atom. The van der Waals surface area contributed by atoms with Gasteiger partial charge in [0.1, 0.15) is 6.23 Å². The van der Waals surface area contributed by atoms with Gasteiger partial charge in [-0.05, 0) is 12.8 Å². The molecule has 0 aromatic rings. The molecule has 0 heterocycles. The van der Waals surface area contributed by atoms with E-state index in [1.165, 1.54) is 7.11 Å². The number of methoxy groups -OCH3 is 1.